The van der Waals surface area contributed by atoms with Crippen LogP contribution in [0.2, 0.25) is 0 Å². The summed E-state index contributed by atoms with van der Waals surface area (Å²) >= 11 is 4.75. The minimum Gasteiger partial charge on any atom is -0.340 e. The van der Waals surface area contributed by atoms with Gasteiger partial charge in [-0.15, -0.1) is 11.3 Å². The van der Waals surface area contributed by atoms with Gasteiger partial charge in [-0.3, -0.25) is 4.79 Å². The molecule has 3 heterocycles. The van der Waals surface area contributed by atoms with Gasteiger partial charge in [-0.1, -0.05) is 0 Å². The Morgan fingerprint density at radius 2 is 1.93 bits per heavy atom. The normalized spacial score (nSPS) is 10.6. The molecule has 28 heavy (non-hydrogen) atoms. The molecule has 0 radical (unpaired) electrons. The van der Waals surface area contributed by atoms with E-state index >= 15 is 0 Å². The molecule has 0 unspecified atom stereocenters. The number of carbonyl (C=O) groups excluding carboxylic acids is 1. The van der Waals surface area contributed by atoms with Crippen LogP contribution in [0, 0.1) is 6.92 Å². The van der Waals surface area contributed by atoms with Gasteiger partial charge in [0.05, 0.1) is 4.88 Å². The van der Waals surface area contributed by atoms with Gasteiger partial charge >= 0.3 is 0 Å². The highest BCUT2D eigenvalue weighted by Crippen LogP contribution is 2.22. The van der Waals surface area contributed by atoms with Crippen molar-refractivity contribution in [1.82, 2.24) is 19.7 Å². The van der Waals surface area contributed by atoms with E-state index in [2.05, 4.69) is 41.6 Å². The summed E-state index contributed by atoms with van der Waals surface area (Å²) in [5.74, 6) is 1.86. The molecular formula is C19H15BrN6OS. The van der Waals surface area contributed by atoms with Crippen molar-refractivity contribution in [3.05, 3.63) is 75.4 Å². The summed E-state index contributed by atoms with van der Waals surface area (Å²) in [4.78, 5) is 21.7. The van der Waals surface area contributed by atoms with Gasteiger partial charge in [0, 0.05) is 39.7 Å². The topological polar surface area (TPSA) is 84.7 Å². The average molecular weight is 455 g/mol. The quantitative estimate of drug-likeness (QED) is 0.452. The van der Waals surface area contributed by atoms with Gasteiger partial charge in [0.1, 0.15) is 11.6 Å². The van der Waals surface area contributed by atoms with E-state index in [1.54, 1.807) is 16.9 Å². The maximum absolute atomic E-state index is 12.2. The summed E-state index contributed by atoms with van der Waals surface area (Å²) in [5.41, 5.74) is 1.57. The van der Waals surface area contributed by atoms with Crippen molar-refractivity contribution in [3.63, 3.8) is 0 Å². The Labute approximate surface area is 173 Å². The lowest BCUT2D eigenvalue weighted by atomic mass is 10.2. The monoisotopic (exact) mass is 454 g/mol. The maximum atomic E-state index is 12.2. The van der Waals surface area contributed by atoms with Gasteiger partial charge in [0.25, 0.3) is 5.91 Å². The first-order valence-corrected chi connectivity index (χ1v) is 10.0. The van der Waals surface area contributed by atoms with Crippen molar-refractivity contribution in [2.24, 2.45) is 0 Å². The lowest BCUT2D eigenvalue weighted by molar-refractivity contribution is 0.103. The fraction of sp³-hybridized carbons (Fsp3) is 0.0526. The molecule has 0 fully saturated rings. The van der Waals surface area contributed by atoms with Crippen LogP contribution < -0.4 is 10.6 Å². The number of hydrogen-bond donors (Lipinski definition) is 2. The van der Waals surface area contributed by atoms with E-state index in [9.17, 15) is 4.79 Å². The van der Waals surface area contributed by atoms with Crippen LogP contribution in [0.3, 0.4) is 0 Å². The largest absolute Gasteiger partial charge is 0.340 e. The van der Waals surface area contributed by atoms with Crippen LogP contribution >= 0.6 is 27.3 Å². The predicted molar refractivity (Wildman–Crippen MR) is 114 cm³/mol. The van der Waals surface area contributed by atoms with E-state index in [1.165, 1.54) is 11.3 Å². The van der Waals surface area contributed by atoms with Crippen molar-refractivity contribution in [2.45, 2.75) is 6.92 Å². The Hall–Kier alpha value is -3.04. The smallest absolute Gasteiger partial charge is 0.265 e. The summed E-state index contributed by atoms with van der Waals surface area (Å²) < 4.78 is 2.58. The van der Waals surface area contributed by atoms with E-state index in [0.717, 1.165) is 15.8 Å². The van der Waals surface area contributed by atoms with Crippen molar-refractivity contribution in [1.29, 1.82) is 0 Å². The van der Waals surface area contributed by atoms with Crippen LogP contribution in [-0.4, -0.2) is 25.7 Å². The molecule has 0 aliphatic heterocycles. The van der Waals surface area contributed by atoms with E-state index in [0.29, 0.717) is 22.3 Å². The Balaban J connectivity index is 1.47. The van der Waals surface area contributed by atoms with Gasteiger partial charge in [0.2, 0.25) is 0 Å². The molecule has 0 bridgehead atoms. The first-order chi connectivity index (χ1) is 13.6. The molecular weight excluding hydrogens is 440 g/mol. The molecule has 1 amide bonds. The van der Waals surface area contributed by atoms with Crippen LogP contribution in [0.15, 0.2) is 64.7 Å². The number of carbonyl (C=O) groups is 1. The zero-order valence-corrected chi connectivity index (χ0v) is 17.2. The first kappa shape index (κ1) is 18.3. The number of anilines is 3. The summed E-state index contributed by atoms with van der Waals surface area (Å²) in [5, 5.41) is 12.2. The molecule has 0 saturated heterocycles. The number of hydrogen-bond acceptors (Lipinski definition) is 6. The fourth-order valence-corrected chi connectivity index (χ4v) is 3.87. The molecule has 4 rings (SSSR count). The minimum absolute atomic E-state index is 0.133. The first-order valence-electron chi connectivity index (χ1n) is 8.35. The third kappa shape index (κ3) is 4.26. The second kappa shape index (κ2) is 7.91. The Morgan fingerprint density at radius 3 is 2.61 bits per heavy atom. The van der Waals surface area contributed by atoms with Crippen LogP contribution in [0.5, 0.6) is 0 Å². The molecule has 0 atom stereocenters. The van der Waals surface area contributed by atoms with Crippen molar-refractivity contribution in [2.75, 3.05) is 10.6 Å². The SMILES string of the molecule is Cc1nc(Nc2ccc(NC(=O)c3cc(Br)cs3)cc2)cc(-n2cccn2)n1. The van der Waals surface area contributed by atoms with Crippen molar-refractivity contribution in [3.8, 4) is 5.82 Å². The highest BCUT2D eigenvalue weighted by Gasteiger charge is 2.09. The minimum atomic E-state index is -0.133. The Morgan fingerprint density at radius 1 is 1.14 bits per heavy atom. The number of nitrogens with one attached hydrogen (secondary N) is 2. The standard InChI is InChI=1S/C19H15BrN6OS/c1-12-22-17(10-18(23-12)26-8-2-7-21-26)24-14-3-5-15(6-4-14)25-19(27)16-9-13(20)11-28-16/h2-11H,1H3,(H,25,27)(H,22,23,24). The van der Waals surface area contributed by atoms with E-state index in [4.69, 9.17) is 0 Å². The molecule has 1 aromatic carbocycles. The van der Waals surface area contributed by atoms with E-state index in [-0.39, 0.29) is 5.91 Å². The number of aromatic nitrogens is 4. The molecule has 9 heteroatoms. The van der Waals surface area contributed by atoms with Crippen molar-refractivity contribution < 1.29 is 4.79 Å². The van der Waals surface area contributed by atoms with Crippen LogP contribution in [-0.2, 0) is 0 Å². The van der Waals surface area contributed by atoms with Gasteiger partial charge in [-0.2, -0.15) is 5.10 Å². The molecule has 2 N–H and O–H groups in total. The van der Waals surface area contributed by atoms with Crippen LogP contribution in [0.25, 0.3) is 5.82 Å². The summed E-state index contributed by atoms with van der Waals surface area (Å²) in [6.45, 7) is 1.83. The number of rotatable bonds is 5. The number of thiophene rings is 1. The van der Waals surface area contributed by atoms with Gasteiger partial charge in [-0.25, -0.2) is 14.6 Å². The maximum Gasteiger partial charge on any atom is 0.265 e. The Bertz CT molecular complexity index is 1110. The number of nitrogens with zero attached hydrogens (tertiary/aromatic N) is 4. The second-order valence-electron chi connectivity index (χ2n) is 5.89. The van der Waals surface area contributed by atoms with Gasteiger partial charge in [-0.05, 0) is 59.3 Å². The summed E-state index contributed by atoms with van der Waals surface area (Å²) in [7, 11) is 0. The highest BCUT2D eigenvalue weighted by atomic mass is 79.9. The molecule has 140 valence electrons. The van der Waals surface area contributed by atoms with Gasteiger partial charge in [0.15, 0.2) is 5.82 Å². The molecule has 0 aliphatic carbocycles. The third-order valence-electron chi connectivity index (χ3n) is 3.77. The summed E-state index contributed by atoms with van der Waals surface area (Å²) in [6.07, 6.45) is 3.53. The molecule has 3 aromatic heterocycles. The zero-order chi connectivity index (χ0) is 19.5. The van der Waals surface area contributed by atoms with Crippen LogP contribution in [0.1, 0.15) is 15.5 Å². The molecule has 7 nitrogen and oxygen atoms in total. The van der Waals surface area contributed by atoms with Crippen molar-refractivity contribution >= 4 is 50.4 Å². The van der Waals surface area contributed by atoms with E-state index < -0.39 is 0 Å². The van der Waals surface area contributed by atoms with E-state index in [1.807, 2.05) is 54.9 Å². The molecule has 4 aromatic rings. The van der Waals surface area contributed by atoms with Gasteiger partial charge < -0.3 is 10.6 Å². The number of aryl methyl sites for hydroxylation is 1. The molecule has 0 spiro atoms. The zero-order valence-electron chi connectivity index (χ0n) is 14.8. The third-order valence-corrected chi connectivity index (χ3v) is 5.46. The number of halogens is 1. The van der Waals surface area contributed by atoms with Crippen LogP contribution in [0.4, 0.5) is 17.2 Å². The molecule has 0 saturated carbocycles. The lowest BCUT2D eigenvalue weighted by Gasteiger charge is -2.10. The second-order valence-corrected chi connectivity index (χ2v) is 7.72. The fourth-order valence-electron chi connectivity index (χ4n) is 2.55. The average Bonchev–Trinajstić information content (AvgIpc) is 3.35. The number of benzene rings is 1. The highest BCUT2D eigenvalue weighted by molar-refractivity contribution is 9.10. The lowest BCUT2D eigenvalue weighted by Crippen LogP contribution is -2.10. The molecule has 0 aliphatic rings. The predicted octanol–water partition coefficient (Wildman–Crippen LogP) is 4.79. The summed E-state index contributed by atoms with van der Waals surface area (Å²) in [6, 6.07) is 12.9. The Kier molecular flexibility index (Phi) is 5.18. The number of amides is 1.